The summed E-state index contributed by atoms with van der Waals surface area (Å²) in [5.41, 5.74) is -0.0395. The number of rotatable bonds is 4. The molecule has 1 aromatic carbocycles. The smallest absolute Gasteiger partial charge is 0.408 e. The van der Waals surface area contributed by atoms with Crippen molar-refractivity contribution in [3.63, 3.8) is 0 Å². The highest BCUT2D eigenvalue weighted by atomic mass is 79.9. The highest BCUT2D eigenvalue weighted by Crippen LogP contribution is 2.28. The van der Waals surface area contributed by atoms with E-state index in [1.54, 1.807) is 39.0 Å². The Hall–Kier alpha value is -1.27. The van der Waals surface area contributed by atoms with Gasteiger partial charge in [-0.15, -0.1) is 0 Å². The Balaban J connectivity index is 2.95. The number of amides is 1. The van der Waals surface area contributed by atoms with Crippen LogP contribution in [0.25, 0.3) is 0 Å². The van der Waals surface area contributed by atoms with Crippen molar-refractivity contribution in [3.8, 4) is 0 Å². The number of ether oxygens (including phenoxy) is 1. The van der Waals surface area contributed by atoms with Gasteiger partial charge < -0.3 is 15.2 Å². The zero-order valence-electron chi connectivity index (χ0n) is 11.9. The molecule has 0 aliphatic rings. The van der Waals surface area contributed by atoms with Gasteiger partial charge in [0.25, 0.3) is 0 Å². The van der Waals surface area contributed by atoms with E-state index in [2.05, 4.69) is 21.2 Å². The second-order valence-corrected chi connectivity index (χ2v) is 6.75. The molecule has 0 radical (unpaired) electrons. The van der Waals surface area contributed by atoms with E-state index in [1.165, 1.54) is 0 Å². The molecular weight excluding hydrogens is 362 g/mol. The van der Waals surface area contributed by atoms with Crippen molar-refractivity contribution < 1.29 is 19.4 Å². The maximum absolute atomic E-state index is 11.8. The standard InChI is InChI=1S/C14H17BrClNO4/c1-14(2,3)21-13(20)17-11(7-12(18)19)9-5-4-8(16)6-10(9)15/h4-6,11H,7H2,1-3H3,(H,17,20)(H,18,19)/t11-/m1/s1. The summed E-state index contributed by atoms with van der Waals surface area (Å²) in [5.74, 6) is -1.03. The van der Waals surface area contributed by atoms with Crippen LogP contribution in [0, 0.1) is 0 Å². The molecule has 0 unspecified atom stereocenters. The first-order chi connectivity index (χ1) is 9.58. The number of aliphatic carboxylic acids is 1. The normalized spacial score (nSPS) is 12.6. The summed E-state index contributed by atoms with van der Waals surface area (Å²) >= 11 is 9.18. The maximum atomic E-state index is 11.8. The number of hydrogen-bond acceptors (Lipinski definition) is 3. The van der Waals surface area contributed by atoms with Crippen molar-refractivity contribution in [1.29, 1.82) is 0 Å². The van der Waals surface area contributed by atoms with Crippen molar-refractivity contribution >= 4 is 39.6 Å². The minimum absolute atomic E-state index is 0.264. The Morgan fingerprint density at radius 2 is 2.05 bits per heavy atom. The van der Waals surface area contributed by atoms with Crippen LogP contribution in [0.1, 0.15) is 38.8 Å². The lowest BCUT2D eigenvalue weighted by Gasteiger charge is -2.23. The van der Waals surface area contributed by atoms with Crippen LogP contribution in [0.2, 0.25) is 5.02 Å². The number of nitrogens with one attached hydrogen (secondary N) is 1. The summed E-state index contributed by atoms with van der Waals surface area (Å²) in [7, 11) is 0. The molecule has 0 aliphatic carbocycles. The van der Waals surface area contributed by atoms with Crippen LogP contribution in [0.15, 0.2) is 22.7 Å². The van der Waals surface area contributed by atoms with Gasteiger partial charge in [0.15, 0.2) is 0 Å². The van der Waals surface area contributed by atoms with Gasteiger partial charge in [-0.1, -0.05) is 33.6 Å². The fraction of sp³-hybridized carbons (Fsp3) is 0.429. The summed E-state index contributed by atoms with van der Waals surface area (Å²) in [5, 5.41) is 12.1. The molecule has 0 aromatic heterocycles. The number of benzene rings is 1. The average Bonchev–Trinajstić information content (AvgIpc) is 2.24. The Bertz CT molecular complexity index is 542. The van der Waals surface area contributed by atoms with Gasteiger partial charge >= 0.3 is 12.1 Å². The second kappa shape index (κ2) is 7.13. The zero-order chi connectivity index (χ0) is 16.2. The van der Waals surface area contributed by atoms with Gasteiger partial charge in [0.2, 0.25) is 0 Å². The number of carbonyl (C=O) groups excluding carboxylic acids is 1. The third-order valence-electron chi connectivity index (χ3n) is 2.41. The van der Waals surface area contributed by atoms with E-state index in [0.29, 0.717) is 15.1 Å². The van der Waals surface area contributed by atoms with E-state index in [1.807, 2.05) is 0 Å². The van der Waals surface area contributed by atoms with Crippen molar-refractivity contribution in [1.82, 2.24) is 5.32 Å². The molecule has 1 atom stereocenters. The van der Waals surface area contributed by atoms with E-state index in [0.717, 1.165) is 0 Å². The predicted molar refractivity (Wildman–Crippen MR) is 83.5 cm³/mol. The third-order valence-corrected chi connectivity index (χ3v) is 3.33. The summed E-state index contributed by atoms with van der Waals surface area (Å²) in [4.78, 5) is 22.8. The van der Waals surface area contributed by atoms with E-state index in [4.69, 9.17) is 21.4 Å². The van der Waals surface area contributed by atoms with Crippen LogP contribution in [0.5, 0.6) is 0 Å². The van der Waals surface area contributed by atoms with Crippen LogP contribution >= 0.6 is 27.5 Å². The number of alkyl carbamates (subject to hydrolysis) is 1. The monoisotopic (exact) mass is 377 g/mol. The SMILES string of the molecule is CC(C)(C)OC(=O)N[C@H](CC(=O)O)c1ccc(Cl)cc1Br. The van der Waals surface area contributed by atoms with E-state index in [9.17, 15) is 9.59 Å². The molecule has 1 aromatic rings. The topological polar surface area (TPSA) is 75.6 Å². The Morgan fingerprint density at radius 1 is 1.43 bits per heavy atom. The number of carbonyl (C=O) groups is 2. The van der Waals surface area contributed by atoms with Crippen molar-refractivity contribution in [2.24, 2.45) is 0 Å². The van der Waals surface area contributed by atoms with Crippen LogP contribution < -0.4 is 5.32 Å². The van der Waals surface area contributed by atoms with Crippen molar-refractivity contribution in [3.05, 3.63) is 33.3 Å². The largest absolute Gasteiger partial charge is 0.481 e. The Kier molecular flexibility index (Phi) is 6.04. The highest BCUT2D eigenvalue weighted by molar-refractivity contribution is 9.10. The Morgan fingerprint density at radius 3 is 2.52 bits per heavy atom. The summed E-state index contributed by atoms with van der Waals surface area (Å²) < 4.78 is 5.77. The number of carboxylic acid groups (broad SMARTS) is 1. The van der Waals surface area contributed by atoms with E-state index in [-0.39, 0.29) is 6.42 Å². The van der Waals surface area contributed by atoms with Crippen LogP contribution in [0.3, 0.4) is 0 Å². The zero-order valence-corrected chi connectivity index (χ0v) is 14.3. The second-order valence-electron chi connectivity index (χ2n) is 5.46. The molecule has 0 saturated heterocycles. The van der Waals surface area contributed by atoms with Gasteiger partial charge in [0.05, 0.1) is 12.5 Å². The molecule has 0 saturated carbocycles. The van der Waals surface area contributed by atoms with E-state index < -0.39 is 23.7 Å². The molecule has 2 N–H and O–H groups in total. The van der Waals surface area contributed by atoms with Crippen LogP contribution in [0.4, 0.5) is 4.79 Å². The average molecular weight is 379 g/mol. The predicted octanol–water partition coefficient (Wildman–Crippen LogP) is 4.14. The van der Waals surface area contributed by atoms with E-state index >= 15 is 0 Å². The van der Waals surface area contributed by atoms with Gasteiger partial charge in [0, 0.05) is 9.50 Å². The minimum atomic E-state index is -1.03. The molecule has 1 rings (SSSR count). The maximum Gasteiger partial charge on any atom is 0.408 e. The molecule has 116 valence electrons. The first-order valence-corrected chi connectivity index (χ1v) is 7.42. The summed E-state index contributed by atoms with van der Waals surface area (Å²) in [6, 6.07) is 4.22. The first kappa shape index (κ1) is 17.8. The van der Waals surface area contributed by atoms with Crippen molar-refractivity contribution in [2.45, 2.75) is 38.8 Å². The first-order valence-electron chi connectivity index (χ1n) is 6.25. The molecule has 0 fully saturated rings. The van der Waals surface area contributed by atoms with Gasteiger partial charge in [-0.05, 0) is 38.5 Å². The molecule has 0 heterocycles. The third kappa shape index (κ3) is 6.35. The lowest BCUT2D eigenvalue weighted by atomic mass is 10.0. The lowest BCUT2D eigenvalue weighted by Crippen LogP contribution is -2.35. The molecule has 5 nitrogen and oxygen atoms in total. The van der Waals surface area contributed by atoms with Gasteiger partial charge in [-0.2, -0.15) is 0 Å². The van der Waals surface area contributed by atoms with Crippen molar-refractivity contribution in [2.75, 3.05) is 0 Å². The van der Waals surface area contributed by atoms with Gasteiger partial charge in [0.1, 0.15) is 5.60 Å². The molecule has 0 bridgehead atoms. The lowest BCUT2D eigenvalue weighted by molar-refractivity contribution is -0.137. The Labute approximate surface area is 136 Å². The van der Waals surface area contributed by atoms with Gasteiger partial charge in [-0.25, -0.2) is 4.79 Å². The molecular formula is C14H17BrClNO4. The fourth-order valence-corrected chi connectivity index (χ4v) is 2.61. The number of hydrogen-bond donors (Lipinski definition) is 2. The summed E-state index contributed by atoms with van der Waals surface area (Å²) in [6.45, 7) is 5.20. The molecule has 1 amide bonds. The number of halogens is 2. The molecule has 0 spiro atoms. The number of carboxylic acids is 1. The molecule has 21 heavy (non-hydrogen) atoms. The molecule has 7 heteroatoms. The quantitative estimate of drug-likeness (QED) is 0.825. The van der Waals surface area contributed by atoms with Crippen LogP contribution in [-0.4, -0.2) is 22.8 Å². The summed E-state index contributed by atoms with van der Waals surface area (Å²) in [6.07, 6.45) is -0.935. The molecule has 0 aliphatic heterocycles. The highest BCUT2D eigenvalue weighted by Gasteiger charge is 2.23. The fourth-order valence-electron chi connectivity index (χ4n) is 1.65. The van der Waals surface area contributed by atoms with Crippen LogP contribution in [-0.2, 0) is 9.53 Å². The van der Waals surface area contributed by atoms with Gasteiger partial charge in [-0.3, -0.25) is 4.79 Å². The minimum Gasteiger partial charge on any atom is -0.481 e.